The van der Waals surface area contributed by atoms with E-state index in [1.165, 1.54) is 6.20 Å². The number of aromatic amines is 1. The SMILES string of the molecule is CC=CN1C[C@@H](COc2nc(Nc3cnn(C)c3)nc3[nH]cc(C#N)c23)[C@H](CC(F)(F)F)C1. The molecule has 2 atom stereocenters. The number of nitrogens with zero attached hydrogens (tertiary/aromatic N) is 6. The van der Waals surface area contributed by atoms with Gasteiger partial charge in [0, 0.05) is 44.9 Å². The van der Waals surface area contributed by atoms with Crippen LogP contribution in [0.25, 0.3) is 11.0 Å². The molecule has 4 heterocycles. The maximum absolute atomic E-state index is 13.1. The van der Waals surface area contributed by atoms with Crippen molar-refractivity contribution in [3.8, 4) is 11.9 Å². The molecule has 1 fully saturated rings. The summed E-state index contributed by atoms with van der Waals surface area (Å²) in [5.41, 5.74) is 1.33. The highest BCUT2D eigenvalue weighted by molar-refractivity contribution is 5.88. The number of anilines is 2. The zero-order valence-electron chi connectivity index (χ0n) is 18.1. The van der Waals surface area contributed by atoms with Crippen LogP contribution in [-0.2, 0) is 7.05 Å². The Balaban J connectivity index is 1.59. The van der Waals surface area contributed by atoms with E-state index in [4.69, 9.17) is 4.74 Å². The highest BCUT2D eigenvalue weighted by atomic mass is 19.4. The average molecular weight is 460 g/mol. The van der Waals surface area contributed by atoms with Crippen LogP contribution in [0.3, 0.4) is 0 Å². The predicted octanol–water partition coefficient (Wildman–Crippen LogP) is 3.72. The van der Waals surface area contributed by atoms with Gasteiger partial charge in [-0.1, -0.05) is 6.08 Å². The van der Waals surface area contributed by atoms with Gasteiger partial charge in [-0.05, 0) is 19.0 Å². The minimum Gasteiger partial charge on any atom is -0.477 e. The van der Waals surface area contributed by atoms with Gasteiger partial charge in [0.1, 0.15) is 11.7 Å². The second-order valence-corrected chi connectivity index (χ2v) is 8.00. The molecule has 3 aromatic heterocycles. The van der Waals surface area contributed by atoms with E-state index in [1.54, 1.807) is 36.4 Å². The summed E-state index contributed by atoms with van der Waals surface area (Å²) in [7, 11) is 1.77. The maximum atomic E-state index is 13.1. The molecule has 3 aromatic rings. The van der Waals surface area contributed by atoms with Gasteiger partial charge in [0.05, 0.1) is 29.4 Å². The lowest BCUT2D eigenvalue weighted by atomic mass is 9.93. The lowest BCUT2D eigenvalue weighted by molar-refractivity contribution is -0.146. The Labute approximate surface area is 187 Å². The fraction of sp³-hybridized carbons (Fsp3) is 0.429. The van der Waals surface area contributed by atoms with Gasteiger partial charge >= 0.3 is 6.18 Å². The summed E-state index contributed by atoms with van der Waals surface area (Å²) in [5, 5.41) is 16.9. The number of allylic oxidation sites excluding steroid dienone is 1. The molecular formula is C21H23F3N8O. The van der Waals surface area contributed by atoms with E-state index in [0.29, 0.717) is 35.4 Å². The minimum absolute atomic E-state index is 0.0310. The van der Waals surface area contributed by atoms with Crippen molar-refractivity contribution in [2.24, 2.45) is 18.9 Å². The first-order chi connectivity index (χ1) is 15.8. The molecular weight excluding hydrogens is 437 g/mol. The van der Waals surface area contributed by atoms with Crippen LogP contribution in [0.4, 0.5) is 24.8 Å². The molecule has 174 valence electrons. The molecule has 0 amide bonds. The Morgan fingerprint density at radius 1 is 1.33 bits per heavy atom. The third kappa shape index (κ3) is 5.19. The number of nitriles is 1. The van der Waals surface area contributed by atoms with Crippen LogP contribution in [-0.4, -0.2) is 55.5 Å². The van der Waals surface area contributed by atoms with Crippen molar-refractivity contribution in [2.45, 2.75) is 19.5 Å². The van der Waals surface area contributed by atoms with E-state index in [2.05, 4.69) is 31.4 Å². The number of rotatable bonds is 7. The first-order valence-corrected chi connectivity index (χ1v) is 10.4. The zero-order chi connectivity index (χ0) is 23.6. The van der Waals surface area contributed by atoms with Crippen molar-refractivity contribution >= 4 is 22.7 Å². The van der Waals surface area contributed by atoms with E-state index >= 15 is 0 Å². The van der Waals surface area contributed by atoms with Crippen molar-refractivity contribution in [3.63, 3.8) is 0 Å². The molecule has 2 N–H and O–H groups in total. The molecule has 0 bridgehead atoms. The van der Waals surface area contributed by atoms with Crippen molar-refractivity contribution in [2.75, 3.05) is 25.0 Å². The van der Waals surface area contributed by atoms with Gasteiger partial charge in [0.25, 0.3) is 0 Å². The van der Waals surface area contributed by atoms with Crippen LogP contribution < -0.4 is 10.1 Å². The smallest absolute Gasteiger partial charge is 0.389 e. The van der Waals surface area contributed by atoms with Crippen LogP contribution in [0.2, 0.25) is 0 Å². The number of likely N-dealkylation sites (tertiary alicyclic amines) is 1. The van der Waals surface area contributed by atoms with Crippen molar-refractivity contribution in [3.05, 3.63) is 36.4 Å². The average Bonchev–Trinajstić information content (AvgIpc) is 3.44. The molecule has 33 heavy (non-hydrogen) atoms. The summed E-state index contributed by atoms with van der Waals surface area (Å²) in [4.78, 5) is 13.6. The summed E-state index contributed by atoms with van der Waals surface area (Å²) >= 11 is 0. The Bertz CT molecular complexity index is 1190. The number of ether oxygens (including phenoxy) is 1. The number of hydrogen-bond donors (Lipinski definition) is 2. The number of hydrogen-bond acceptors (Lipinski definition) is 7. The summed E-state index contributed by atoms with van der Waals surface area (Å²) in [5.74, 6) is -0.606. The largest absolute Gasteiger partial charge is 0.477 e. The van der Waals surface area contributed by atoms with Crippen LogP contribution in [0, 0.1) is 23.2 Å². The van der Waals surface area contributed by atoms with Crippen molar-refractivity contribution in [1.29, 1.82) is 5.26 Å². The molecule has 0 radical (unpaired) electrons. The second-order valence-electron chi connectivity index (χ2n) is 8.00. The monoisotopic (exact) mass is 460 g/mol. The van der Waals surface area contributed by atoms with Gasteiger partial charge in [-0.3, -0.25) is 4.68 Å². The number of fused-ring (bicyclic) bond motifs is 1. The van der Waals surface area contributed by atoms with E-state index in [-0.39, 0.29) is 24.4 Å². The fourth-order valence-corrected chi connectivity index (χ4v) is 4.07. The van der Waals surface area contributed by atoms with E-state index in [1.807, 2.05) is 11.8 Å². The molecule has 9 nitrogen and oxygen atoms in total. The molecule has 0 saturated carbocycles. The fourth-order valence-electron chi connectivity index (χ4n) is 4.07. The first kappa shape index (κ1) is 22.4. The summed E-state index contributed by atoms with van der Waals surface area (Å²) in [6.45, 7) is 2.60. The number of aryl methyl sites for hydroxylation is 1. The molecule has 1 aliphatic rings. The Kier molecular flexibility index (Phi) is 6.13. The van der Waals surface area contributed by atoms with Crippen LogP contribution in [0.5, 0.6) is 5.88 Å². The van der Waals surface area contributed by atoms with Crippen LogP contribution >= 0.6 is 0 Å². The molecule has 0 unspecified atom stereocenters. The molecule has 0 spiro atoms. The number of aromatic nitrogens is 5. The molecule has 4 rings (SSSR count). The number of alkyl halides is 3. The quantitative estimate of drug-likeness (QED) is 0.553. The highest BCUT2D eigenvalue weighted by Crippen LogP contribution is 2.35. The summed E-state index contributed by atoms with van der Waals surface area (Å²) in [6, 6.07) is 2.06. The highest BCUT2D eigenvalue weighted by Gasteiger charge is 2.40. The zero-order valence-corrected chi connectivity index (χ0v) is 18.1. The maximum Gasteiger partial charge on any atom is 0.389 e. The van der Waals surface area contributed by atoms with Gasteiger partial charge in [-0.15, -0.1) is 0 Å². The topological polar surface area (TPSA) is 108 Å². The van der Waals surface area contributed by atoms with E-state index in [0.717, 1.165) is 0 Å². The summed E-state index contributed by atoms with van der Waals surface area (Å²) < 4.78 is 47.0. The van der Waals surface area contributed by atoms with Gasteiger partial charge in [0.15, 0.2) is 0 Å². The number of H-pyrrole nitrogens is 1. The molecule has 0 aliphatic carbocycles. The van der Waals surface area contributed by atoms with Gasteiger partial charge in [-0.25, -0.2) is 0 Å². The summed E-state index contributed by atoms with van der Waals surface area (Å²) in [6.07, 6.45) is 3.29. The van der Waals surface area contributed by atoms with Crippen molar-refractivity contribution < 1.29 is 17.9 Å². The van der Waals surface area contributed by atoms with Gasteiger partial charge in [0.2, 0.25) is 11.8 Å². The predicted molar refractivity (Wildman–Crippen MR) is 115 cm³/mol. The third-order valence-corrected chi connectivity index (χ3v) is 5.47. The normalized spacial score (nSPS) is 18.8. The molecule has 12 heteroatoms. The molecule has 1 aliphatic heterocycles. The van der Waals surface area contributed by atoms with E-state index in [9.17, 15) is 18.4 Å². The standard InChI is InChI=1S/C21H23F3N8O/c1-3-4-32-9-13(5-21(22,23)24)15(10-32)12-33-19-17-14(6-25)7-26-18(17)29-20(30-19)28-16-8-27-31(2)11-16/h3-4,7-8,11,13,15H,5,9-10,12H2,1-2H3,(H2,26,28,29,30)/t13-,15+/m1/s1. The molecule has 0 aromatic carbocycles. The number of nitrogens with one attached hydrogen (secondary N) is 2. The van der Waals surface area contributed by atoms with E-state index < -0.39 is 18.5 Å². The minimum atomic E-state index is -4.26. The Morgan fingerprint density at radius 2 is 2.12 bits per heavy atom. The Hall–Kier alpha value is -3.75. The molecule has 1 saturated heterocycles. The van der Waals surface area contributed by atoms with Crippen molar-refractivity contribution in [1.82, 2.24) is 29.6 Å². The van der Waals surface area contributed by atoms with Gasteiger partial charge in [-0.2, -0.15) is 33.5 Å². The number of halogens is 3. The van der Waals surface area contributed by atoms with Gasteiger partial charge < -0.3 is 19.9 Å². The lowest BCUT2D eigenvalue weighted by Gasteiger charge is -2.20. The first-order valence-electron chi connectivity index (χ1n) is 10.4. The Morgan fingerprint density at radius 3 is 2.79 bits per heavy atom. The van der Waals surface area contributed by atoms with Crippen LogP contribution in [0.1, 0.15) is 18.9 Å². The second kappa shape index (κ2) is 9.01. The lowest BCUT2D eigenvalue weighted by Crippen LogP contribution is -2.25. The third-order valence-electron chi connectivity index (χ3n) is 5.47. The van der Waals surface area contributed by atoms with Crippen LogP contribution in [0.15, 0.2) is 30.9 Å².